The number of carbonyl (C=O) groups is 1. The zero-order chi connectivity index (χ0) is 17.8. The normalized spacial score (nSPS) is 16.6. The highest BCUT2D eigenvalue weighted by molar-refractivity contribution is 6.31. The predicted molar refractivity (Wildman–Crippen MR) is 94.3 cm³/mol. The first-order chi connectivity index (χ1) is 12.0. The lowest BCUT2D eigenvalue weighted by atomic mass is 10.0. The number of benzene rings is 1. The zero-order valence-corrected chi connectivity index (χ0v) is 14.8. The van der Waals surface area contributed by atoms with Gasteiger partial charge in [0.05, 0.1) is 24.3 Å². The van der Waals surface area contributed by atoms with E-state index >= 15 is 0 Å². The fourth-order valence-corrected chi connectivity index (χ4v) is 3.31. The Hall–Kier alpha value is -1.89. The van der Waals surface area contributed by atoms with Crippen molar-refractivity contribution in [1.29, 1.82) is 0 Å². The van der Waals surface area contributed by atoms with Crippen molar-refractivity contribution in [2.24, 2.45) is 7.05 Å². The number of morpholine rings is 1. The van der Waals surface area contributed by atoms with Gasteiger partial charge in [-0.2, -0.15) is 0 Å². The Kier molecular flexibility index (Phi) is 5.73. The van der Waals surface area contributed by atoms with E-state index < -0.39 is 0 Å². The molecule has 0 radical (unpaired) electrons. The van der Waals surface area contributed by atoms with Gasteiger partial charge in [-0.25, -0.2) is 4.39 Å². The minimum atomic E-state index is -0.271. The summed E-state index contributed by atoms with van der Waals surface area (Å²) >= 11 is 5.95. The molecule has 25 heavy (non-hydrogen) atoms. The highest BCUT2D eigenvalue weighted by Crippen LogP contribution is 2.22. The van der Waals surface area contributed by atoms with E-state index in [0.717, 1.165) is 18.7 Å². The van der Waals surface area contributed by atoms with Gasteiger partial charge in [-0.1, -0.05) is 23.7 Å². The van der Waals surface area contributed by atoms with Gasteiger partial charge in [0.25, 0.3) is 5.91 Å². The zero-order valence-electron chi connectivity index (χ0n) is 14.0. The molecule has 2 heterocycles. The van der Waals surface area contributed by atoms with Gasteiger partial charge in [0.1, 0.15) is 11.5 Å². The molecule has 3 rings (SSSR count). The van der Waals surface area contributed by atoms with Gasteiger partial charge < -0.3 is 14.6 Å². The quantitative estimate of drug-likeness (QED) is 0.886. The number of nitrogens with one attached hydrogen (secondary N) is 1. The van der Waals surface area contributed by atoms with Crippen molar-refractivity contribution in [3.05, 3.63) is 58.6 Å². The molecule has 134 valence electrons. The third-order valence-corrected chi connectivity index (χ3v) is 4.61. The van der Waals surface area contributed by atoms with E-state index in [1.165, 1.54) is 12.1 Å². The molecular formula is C18H21ClFN3O2. The van der Waals surface area contributed by atoms with Crippen LogP contribution in [0.15, 0.2) is 36.5 Å². The van der Waals surface area contributed by atoms with E-state index in [1.54, 1.807) is 36.0 Å². The number of amides is 1. The summed E-state index contributed by atoms with van der Waals surface area (Å²) in [6.07, 6.45) is 1.69. The first-order valence-corrected chi connectivity index (χ1v) is 8.59. The number of rotatable bonds is 5. The van der Waals surface area contributed by atoms with Crippen LogP contribution in [0.1, 0.15) is 22.1 Å². The Morgan fingerprint density at radius 1 is 1.32 bits per heavy atom. The molecule has 1 N–H and O–H groups in total. The van der Waals surface area contributed by atoms with Crippen LogP contribution in [0.4, 0.5) is 4.39 Å². The summed E-state index contributed by atoms with van der Waals surface area (Å²) in [7, 11) is 1.78. The van der Waals surface area contributed by atoms with Crippen molar-refractivity contribution in [1.82, 2.24) is 14.8 Å². The third kappa shape index (κ3) is 4.39. The minimum Gasteiger partial charge on any atom is -0.379 e. The maximum absolute atomic E-state index is 13.3. The lowest BCUT2D eigenvalue weighted by Gasteiger charge is -2.35. The van der Waals surface area contributed by atoms with Gasteiger partial charge in [-0.05, 0) is 23.8 Å². The summed E-state index contributed by atoms with van der Waals surface area (Å²) < 4.78 is 20.4. The summed E-state index contributed by atoms with van der Waals surface area (Å²) in [5, 5.41) is 3.49. The summed E-state index contributed by atoms with van der Waals surface area (Å²) in [6.45, 7) is 3.27. The number of carbonyl (C=O) groups excluding carboxylic acids is 1. The molecule has 1 atom stereocenters. The van der Waals surface area contributed by atoms with E-state index in [0.29, 0.717) is 30.5 Å². The molecule has 0 unspecified atom stereocenters. The fourth-order valence-electron chi connectivity index (χ4n) is 3.06. The average molecular weight is 366 g/mol. The van der Waals surface area contributed by atoms with Crippen LogP contribution in [0.3, 0.4) is 0 Å². The monoisotopic (exact) mass is 365 g/mol. The highest BCUT2D eigenvalue weighted by Gasteiger charge is 2.24. The number of nitrogens with zero attached hydrogens (tertiary/aromatic N) is 2. The summed E-state index contributed by atoms with van der Waals surface area (Å²) in [5.41, 5.74) is 1.47. The second-order valence-electron chi connectivity index (χ2n) is 6.08. The number of aryl methyl sites for hydroxylation is 1. The van der Waals surface area contributed by atoms with E-state index in [-0.39, 0.29) is 17.8 Å². The van der Waals surface area contributed by atoms with Crippen molar-refractivity contribution in [2.45, 2.75) is 6.04 Å². The molecule has 7 heteroatoms. The van der Waals surface area contributed by atoms with Crippen LogP contribution in [-0.2, 0) is 11.8 Å². The van der Waals surface area contributed by atoms with Crippen molar-refractivity contribution in [2.75, 3.05) is 32.8 Å². The van der Waals surface area contributed by atoms with E-state index in [1.807, 2.05) is 0 Å². The topological polar surface area (TPSA) is 46.5 Å². The molecule has 1 fully saturated rings. The molecule has 1 amide bonds. The molecule has 1 aliphatic heterocycles. The van der Waals surface area contributed by atoms with Gasteiger partial charge in [0, 0.05) is 32.9 Å². The largest absolute Gasteiger partial charge is 0.379 e. The summed E-state index contributed by atoms with van der Waals surface area (Å²) in [6, 6.07) is 8.02. The molecule has 5 nitrogen and oxygen atoms in total. The number of halogens is 2. The van der Waals surface area contributed by atoms with Crippen molar-refractivity contribution in [3.63, 3.8) is 0 Å². The number of ether oxygens (including phenoxy) is 1. The molecule has 0 spiro atoms. The van der Waals surface area contributed by atoms with Crippen LogP contribution in [0.2, 0.25) is 5.02 Å². The Balaban J connectivity index is 1.74. The van der Waals surface area contributed by atoms with Gasteiger partial charge in [0.2, 0.25) is 0 Å². The van der Waals surface area contributed by atoms with Crippen LogP contribution in [0.5, 0.6) is 0 Å². The average Bonchev–Trinajstić information content (AvgIpc) is 2.96. The smallest absolute Gasteiger partial charge is 0.268 e. The molecule has 1 saturated heterocycles. The Morgan fingerprint density at radius 3 is 2.60 bits per heavy atom. The number of hydrogen-bond acceptors (Lipinski definition) is 3. The first-order valence-electron chi connectivity index (χ1n) is 8.22. The van der Waals surface area contributed by atoms with Gasteiger partial charge >= 0.3 is 0 Å². The highest BCUT2D eigenvalue weighted by atomic mass is 35.5. The molecule has 1 aliphatic rings. The standard InChI is InChI=1S/C18H21ClFN3O2/c1-22-12-14(19)10-16(22)18(24)21-11-17(23-6-8-25-9-7-23)13-2-4-15(20)5-3-13/h2-5,10,12,17H,6-9,11H2,1H3,(H,21,24)/t17-/m1/s1. The maximum atomic E-state index is 13.3. The molecule has 1 aromatic carbocycles. The van der Waals surface area contributed by atoms with E-state index in [2.05, 4.69) is 10.2 Å². The molecule has 0 saturated carbocycles. The maximum Gasteiger partial charge on any atom is 0.268 e. The van der Waals surface area contributed by atoms with Crippen molar-refractivity contribution < 1.29 is 13.9 Å². The number of aromatic nitrogens is 1. The van der Waals surface area contributed by atoms with Crippen LogP contribution in [-0.4, -0.2) is 48.2 Å². The summed E-state index contributed by atoms with van der Waals surface area (Å²) in [4.78, 5) is 14.7. The first kappa shape index (κ1) is 17.9. The molecule has 0 bridgehead atoms. The van der Waals surface area contributed by atoms with Crippen molar-refractivity contribution >= 4 is 17.5 Å². The molecular weight excluding hydrogens is 345 g/mol. The van der Waals surface area contributed by atoms with Gasteiger partial charge in [-0.15, -0.1) is 0 Å². The second kappa shape index (κ2) is 7.99. The van der Waals surface area contributed by atoms with Crippen LogP contribution >= 0.6 is 11.6 Å². The summed E-state index contributed by atoms with van der Waals surface area (Å²) in [5.74, 6) is -0.457. The molecule has 2 aromatic rings. The van der Waals surface area contributed by atoms with Crippen LogP contribution in [0, 0.1) is 5.82 Å². The Labute approximate surface area is 151 Å². The van der Waals surface area contributed by atoms with Crippen LogP contribution < -0.4 is 5.32 Å². The van der Waals surface area contributed by atoms with Gasteiger partial charge in [-0.3, -0.25) is 9.69 Å². The molecule has 1 aromatic heterocycles. The lowest BCUT2D eigenvalue weighted by Crippen LogP contribution is -2.44. The van der Waals surface area contributed by atoms with Gasteiger partial charge in [0.15, 0.2) is 0 Å². The molecule has 0 aliphatic carbocycles. The predicted octanol–water partition coefficient (Wildman–Crippen LogP) is 2.62. The Morgan fingerprint density at radius 2 is 2.00 bits per heavy atom. The van der Waals surface area contributed by atoms with Crippen LogP contribution in [0.25, 0.3) is 0 Å². The second-order valence-corrected chi connectivity index (χ2v) is 6.52. The lowest BCUT2D eigenvalue weighted by molar-refractivity contribution is 0.0162. The minimum absolute atomic E-state index is 0.0378. The Bertz CT molecular complexity index is 726. The third-order valence-electron chi connectivity index (χ3n) is 4.40. The number of hydrogen-bond donors (Lipinski definition) is 1. The fraction of sp³-hybridized carbons (Fsp3) is 0.389. The van der Waals surface area contributed by atoms with E-state index in [9.17, 15) is 9.18 Å². The van der Waals surface area contributed by atoms with E-state index in [4.69, 9.17) is 16.3 Å². The van der Waals surface area contributed by atoms with Crippen molar-refractivity contribution in [3.8, 4) is 0 Å². The SMILES string of the molecule is Cn1cc(Cl)cc1C(=O)NC[C@H](c1ccc(F)cc1)N1CCOCC1.